The molecule has 6 aromatic rings. The fourth-order valence-corrected chi connectivity index (χ4v) is 4.89. The van der Waals surface area contributed by atoms with Crippen molar-refractivity contribution in [1.82, 2.24) is 19.7 Å². The number of aromatic nitrogens is 4. The molecule has 4 aromatic carbocycles. The van der Waals surface area contributed by atoms with E-state index in [1.165, 1.54) is 17.7 Å². The van der Waals surface area contributed by atoms with Crippen molar-refractivity contribution in [1.29, 1.82) is 0 Å². The SMILES string of the molecule is COc1ccc(NC(=O)c2cc3ccccc3c(N=Nc3nncn3-c3nc4ccccc4s3)c2O)cc1. The number of fused-ring (bicyclic) bond motifs is 2. The van der Waals surface area contributed by atoms with E-state index in [1.54, 1.807) is 48.1 Å². The van der Waals surface area contributed by atoms with Crippen LogP contribution in [0.3, 0.4) is 0 Å². The summed E-state index contributed by atoms with van der Waals surface area (Å²) in [5.41, 5.74) is 1.60. The molecule has 0 radical (unpaired) electrons. The van der Waals surface area contributed by atoms with Crippen molar-refractivity contribution in [2.24, 2.45) is 10.2 Å². The summed E-state index contributed by atoms with van der Waals surface area (Å²) in [5, 5.41) is 32.5. The second kappa shape index (κ2) is 9.71. The van der Waals surface area contributed by atoms with Crippen molar-refractivity contribution in [2.45, 2.75) is 0 Å². The molecule has 11 heteroatoms. The van der Waals surface area contributed by atoms with Gasteiger partial charge in [0.1, 0.15) is 17.8 Å². The molecule has 0 bridgehead atoms. The van der Waals surface area contributed by atoms with Gasteiger partial charge in [-0.3, -0.25) is 4.79 Å². The monoisotopic (exact) mass is 521 g/mol. The lowest BCUT2D eigenvalue weighted by Gasteiger charge is -2.11. The summed E-state index contributed by atoms with van der Waals surface area (Å²) in [4.78, 5) is 17.8. The van der Waals surface area contributed by atoms with Gasteiger partial charge in [-0.2, -0.15) is 0 Å². The van der Waals surface area contributed by atoms with E-state index < -0.39 is 5.91 Å². The quantitative estimate of drug-likeness (QED) is 0.244. The van der Waals surface area contributed by atoms with Crippen LogP contribution in [0.25, 0.3) is 26.1 Å². The number of anilines is 1. The highest BCUT2D eigenvalue weighted by molar-refractivity contribution is 7.20. The molecule has 0 spiro atoms. The first-order valence-electron chi connectivity index (χ1n) is 11.5. The molecule has 0 saturated heterocycles. The first-order chi connectivity index (χ1) is 18.6. The minimum Gasteiger partial charge on any atom is -0.505 e. The normalized spacial score (nSPS) is 11.4. The maximum Gasteiger partial charge on any atom is 0.276 e. The van der Waals surface area contributed by atoms with Gasteiger partial charge in [-0.05, 0) is 47.9 Å². The number of nitrogens with zero attached hydrogens (tertiary/aromatic N) is 6. The van der Waals surface area contributed by atoms with Gasteiger partial charge in [0, 0.05) is 11.1 Å². The van der Waals surface area contributed by atoms with Crippen molar-refractivity contribution in [2.75, 3.05) is 12.4 Å². The number of hydrogen-bond acceptors (Lipinski definition) is 9. The molecule has 186 valence electrons. The molecule has 10 nitrogen and oxygen atoms in total. The first-order valence-corrected chi connectivity index (χ1v) is 12.3. The van der Waals surface area contributed by atoms with Crippen LogP contribution in [0.4, 0.5) is 17.3 Å². The fraction of sp³-hybridized carbons (Fsp3) is 0.0370. The van der Waals surface area contributed by atoms with Gasteiger partial charge in [-0.1, -0.05) is 47.7 Å². The summed E-state index contributed by atoms with van der Waals surface area (Å²) in [5.74, 6) is 0.0515. The second-order valence-electron chi connectivity index (χ2n) is 8.19. The molecular weight excluding hydrogens is 502 g/mol. The molecule has 0 aliphatic rings. The number of carbonyl (C=O) groups is 1. The lowest BCUT2D eigenvalue weighted by molar-refractivity contribution is 0.102. The number of ether oxygens (including phenoxy) is 1. The maximum atomic E-state index is 13.1. The third-order valence-electron chi connectivity index (χ3n) is 5.85. The van der Waals surface area contributed by atoms with Gasteiger partial charge in [0.25, 0.3) is 11.9 Å². The first kappa shape index (κ1) is 23.3. The molecule has 2 aromatic heterocycles. The van der Waals surface area contributed by atoms with Crippen LogP contribution in [0.15, 0.2) is 95.4 Å². The Hall–Kier alpha value is -5.16. The van der Waals surface area contributed by atoms with E-state index in [0.29, 0.717) is 27.3 Å². The average Bonchev–Trinajstić information content (AvgIpc) is 3.59. The molecule has 2 N–H and O–H groups in total. The average molecular weight is 522 g/mol. The van der Waals surface area contributed by atoms with Crippen LogP contribution in [0.2, 0.25) is 0 Å². The molecule has 0 fully saturated rings. The highest BCUT2D eigenvalue weighted by Gasteiger charge is 2.19. The summed E-state index contributed by atoms with van der Waals surface area (Å²) >= 11 is 1.47. The van der Waals surface area contributed by atoms with Crippen molar-refractivity contribution >= 4 is 55.6 Å². The molecule has 6 rings (SSSR count). The summed E-state index contributed by atoms with van der Waals surface area (Å²) in [6.45, 7) is 0. The number of benzene rings is 4. The van der Waals surface area contributed by atoms with Crippen LogP contribution in [0.1, 0.15) is 10.4 Å². The number of aromatic hydroxyl groups is 1. The van der Waals surface area contributed by atoms with Crippen molar-refractivity contribution in [3.63, 3.8) is 0 Å². The van der Waals surface area contributed by atoms with E-state index in [0.717, 1.165) is 10.2 Å². The van der Waals surface area contributed by atoms with E-state index in [-0.39, 0.29) is 22.9 Å². The Kier molecular flexibility index (Phi) is 5.94. The zero-order valence-corrected chi connectivity index (χ0v) is 20.8. The standard InChI is InChI=1S/C27H19N7O3S/c1-37-18-12-10-17(11-13-18)29-25(36)20-14-16-6-2-3-7-19(16)23(24(20)35)31-33-26-32-28-15-34(26)27-30-21-8-4-5-9-22(21)38-27/h2-15,35H,1H3,(H,29,36). The smallest absolute Gasteiger partial charge is 0.276 e. The largest absolute Gasteiger partial charge is 0.505 e. The van der Waals surface area contributed by atoms with Crippen molar-refractivity contribution in [3.8, 4) is 16.6 Å². The Morgan fingerprint density at radius 3 is 2.63 bits per heavy atom. The molecule has 0 aliphatic heterocycles. The minimum atomic E-state index is -0.493. The number of hydrogen-bond donors (Lipinski definition) is 2. The molecule has 0 aliphatic carbocycles. The Labute approximate surface area is 219 Å². The zero-order chi connectivity index (χ0) is 26.1. The number of thiazole rings is 1. The van der Waals surface area contributed by atoms with E-state index in [9.17, 15) is 9.90 Å². The van der Waals surface area contributed by atoms with Crippen LogP contribution in [-0.2, 0) is 0 Å². The topological polar surface area (TPSA) is 127 Å². The van der Waals surface area contributed by atoms with Crippen molar-refractivity contribution in [3.05, 3.63) is 90.8 Å². The van der Waals surface area contributed by atoms with Gasteiger partial charge in [0.2, 0.25) is 0 Å². The number of carbonyl (C=O) groups excluding carboxylic acids is 1. The Morgan fingerprint density at radius 2 is 1.82 bits per heavy atom. The van der Waals surface area contributed by atoms with Crippen LogP contribution in [-0.4, -0.2) is 37.9 Å². The number of rotatable bonds is 6. The summed E-state index contributed by atoms with van der Waals surface area (Å²) in [7, 11) is 1.57. The summed E-state index contributed by atoms with van der Waals surface area (Å²) in [6.07, 6.45) is 1.50. The molecule has 38 heavy (non-hydrogen) atoms. The Morgan fingerprint density at radius 1 is 1.03 bits per heavy atom. The lowest BCUT2D eigenvalue weighted by Crippen LogP contribution is -2.12. The number of azo groups is 1. The van der Waals surface area contributed by atoms with E-state index in [4.69, 9.17) is 4.74 Å². The van der Waals surface area contributed by atoms with Crippen LogP contribution < -0.4 is 10.1 Å². The highest BCUT2D eigenvalue weighted by Crippen LogP contribution is 2.40. The van der Waals surface area contributed by atoms with E-state index in [2.05, 4.69) is 30.7 Å². The molecular formula is C27H19N7O3S. The number of nitrogens with one attached hydrogen (secondary N) is 1. The second-order valence-corrected chi connectivity index (χ2v) is 9.20. The van der Waals surface area contributed by atoms with E-state index >= 15 is 0 Å². The van der Waals surface area contributed by atoms with Crippen LogP contribution in [0.5, 0.6) is 11.5 Å². The van der Waals surface area contributed by atoms with Crippen molar-refractivity contribution < 1.29 is 14.6 Å². The lowest BCUT2D eigenvalue weighted by atomic mass is 10.0. The summed E-state index contributed by atoms with van der Waals surface area (Å²) in [6, 6.07) is 23.6. The Balaban J connectivity index is 1.37. The molecule has 0 saturated carbocycles. The van der Waals surface area contributed by atoms with E-state index in [1.807, 2.05) is 42.5 Å². The number of phenolic OH excluding ortho intramolecular Hbond substituents is 1. The molecule has 0 atom stereocenters. The fourth-order valence-electron chi connectivity index (χ4n) is 3.95. The molecule has 1 amide bonds. The molecule has 2 heterocycles. The van der Waals surface area contributed by atoms with Gasteiger partial charge < -0.3 is 15.2 Å². The zero-order valence-electron chi connectivity index (χ0n) is 19.9. The highest BCUT2D eigenvalue weighted by atomic mass is 32.1. The molecule has 0 unspecified atom stereocenters. The number of para-hydroxylation sites is 1. The Bertz CT molecular complexity index is 1790. The van der Waals surface area contributed by atoms with Gasteiger partial charge in [0.15, 0.2) is 10.9 Å². The predicted octanol–water partition coefficient (Wildman–Crippen LogP) is 6.41. The number of phenols is 1. The van der Waals surface area contributed by atoms with Gasteiger partial charge in [-0.15, -0.1) is 20.4 Å². The third kappa shape index (κ3) is 4.31. The van der Waals surface area contributed by atoms with Crippen LogP contribution in [0, 0.1) is 0 Å². The van der Waals surface area contributed by atoms with Gasteiger partial charge >= 0.3 is 0 Å². The summed E-state index contributed by atoms with van der Waals surface area (Å²) < 4.78 is 7.79. The number of amides is 1. The van der Waals surface area contributed by atoms with Gasteiger partial charge in [0.05, 0.1) is 22.9 Å². The minimum absolute atomic E-state index is 0.0566. The maximum absolute atomic E-state index is 13.1. The van der Waals surface area contributed by atoms with Gasteiger partial charge in [-0.25, -0.2) is 9.55 Å². The predicted molar refractivity (Wildman–Crippen MR) is 145 cm³/mol. The number of methoxy groups -OCH3 is 1. The third-order valence-corrected chi connectivity index (χ3v) is 6.88. The van der Waals surface area contributed by atoms with Crippen LogP contribution >= 0.6 is 11.3 Å².